The zero-order valence-corrected chi connectivity index (χ0v) is 18.9. The Morgan fingerprint density at radius 1 is 1.12 bits per heavy atom. The number of rotatable bonds is 5. The van der Waals surface area contributed by atoms with Gasteiger partial charge in [-0.2, -0.15) is 15.1 Å². The summed E-state index contributed by atoms with van der Waals surface area (Å²) in [7, 11) is 1.90. The van der Waals surface area contributed by atoms with Crippen molar-refractivity contribution < 1.29 is 4.79 Å². The molecule has 0 saturated carbocycles. The molecule has 2 fully saturated rings. The van der Waals surface area contributed by atoms with E-state index < -0.39 is 0 Å². The molecule has 168 valence electrons. The highest BCUT2D eigenvalue weighted by molar-refractivity contribution is 5.96. The van der Waals surface area contributed by atoms with Gasteiger partial charge in [0.1, 0.15) is 5.82 Å². The van der Waals surface area contributed by atoms with Crippen molar-refractivity contribution >= 4 is 34.4 Å². The number of anilines is 3. The molecule has 1 aromatic carbocycles. The lowest BCUT2D eigenvalue weighted by Gasteiger charge is -2.31. The van der Waals surface area contributed by atoms with Gasteiger partial charge < -0.3 is 15.1 Å². The van der Waals surface area contributed by atoms with E-state index in [0.717, 1.165) is 86.3 Å². The van der Waals surface area contributed by atoms with Crippen LogP contribution in [0.1, 0.15) is 49.4 Å². The number of aromatic nitrogens is 4. The van der Waals surface area contributed by atoms with Crippen molar-refractivity contribution in [2.45, 2.75) is 39.0 Å². The van der Waals surface area contributed by atoms with Crippen LogP contribution in [0.5, 0.6) is 0 Å². The van der Waals surface area contributed by atoms with E-state index in [1.807, 2.05) is 36.2 Å². The SMILES string of the molecule is CCC1CCN(C(=O)c2cccc(Nc3nc(N4CCCC4)nc4c3cnn4C)c2)CC1. The van der Waals surface area contributed by atoms with Crippen molar-refractivity contribution in [2.24, 2.45) is 13.0 Å². The van der Waals surface area contributed by atoms with E-state index in [2.05, 4.69) is 22.2 Å². The number of hydrogen-bond donors (Lipinski definition) is 1. The van der Waals surface area contributed by atoms with Crippen LogP contribution in [0.15, 0.2) is 30.5 Å². The largest absolute Gasteiger partial charge is 0.341 e. The number of benzene rings is 1. The van der Waals surface area contributed by atoms with Gasteiger partial charge >= 0.3 is 0 Å². The van der Waals surface area contributed by atoms with Crippen LogP contribution in [0.4, 0.5) is 17.5 Å². The van der Waals surface area contributed by atoms with E-state index in [1.54, 1.807) is 10.9 Å². The molecule has 1 amide bonds. The molecule has 0 atom stereocenters. The van der Waals surface area contributed by atoms with E-state index in [9.17, 15) is 4.79 Å². The highest BCUT2D eigenvalue weighted by atomic mass is 16.2. The van der Waals surface area contributed by atoms with Crippen LogP contribution in [-0.2, 0) is 7.05 Å². The van der Waals surface area contributed by atoms with Gasteiger partial charge in [-0.3, -0.25) is 9.48 Å². The number of hydrogen-bond acceptors (Lipinski definition) is 6. The molecule has 5 rings (SSSR count). The minimum Gasteiger partial charge on any atom is -0.341 e. The third-order valence-corrected chi connectivity index (χ3v) is 6.82. The van der Waals surface area contributed by atoms with Crippen LogP contribution in [0, 0.1) is 5.92 Å². The zero-order chi connectivity index (χ0) is 22.1. The number of nitrogens with one attached hydrogen (secondary N) is 1. The summed E-state index contributed by atoms with van der Waals surface area (Å²) in [6.07, 6.45) is 7.50. The van der Waals surface area contributed by atoms with Crippen molar-refractivity contribution in [1.29, 1.82) is 0 Å². The summed E-state index contributed by atoms with van der Waals surface area (Å²) in [6.45, 7) is 5.87. The van der Waals surface area contributed by atoms with Crippen LogP contribution in [0.2, 0.25) is 0 Å². The molecular weight excluding hydrogens is 402 g/mol. The lowest BCUT2D eigenvalue weighted by atomic mass is 9.94. The molecular formula is C24H31N7O. The van der Waals surface area contributed by atoms with Crippen molar-refractivity contribution in [3.8, 4) is 0 Å². The summed E-state index contributed by atoms with van der Waals surface area (Å²) >= 11 is 0. The zero-order valence-electron chi connectivity index (χ0n) is 18.9. The Labute approximate surface area is 188 Å². The molecule has 8 nitrogen and oxygen atoms in total. The minimum absolute atomic E-state index is 0.107. The number of nitrogens with zero attached hydrogens (tertiary/aromatic N) is 6. The third-order valence-electron chi connectivity index (χ3n) is 6.82. The first-order chi connectivity index (χ1) is 15.6. The van der Waals surface area contributed by atoms with Gasteiger partial charge in [0.25, 0.3) is 5.91 Å². The van der Waals surface area contributed by atoms with Crippen molar-refractivity contribution in [2.75, 3.05) is 36.4 Å². The smallest absolute Gasteiger partial charge is 0.253 e. The van der Waals surface area contributed by atoms with E-state index in [-0.39, 0.29) is 5.91 Å². The quantitative estimate of drug-likeness (QED) is 0.656. The van der Waals surface area contributed by atoms with Gasteiger partial charge in [0.15, 0.2) is 5.65 Å². The Morgan fingerprint density at radius 3 is 2.66 bits per heavy atom. The van der Waals surface area contributed by atoms with E-state index in [4.69, 9.17) is 9.97 Å². The summed E-state index contributed by atoms with van der Waals surface area (Å²) in [6, 6.07) is 7.72. The molecule has 2 aliphatic rings. The lowest BCUT2D eigenvalue weighted by molar-refractivity contribution is 0.0689. The van der Waals surface area contributed by atoms with Gasteiger partial charge in [-0.25, -0.2) is 0 Å². The van der Waals surface area contributed by atoms with Crippen molar-refractivity contribution in [3.05, 3.63) is 36.0 Å². The van der Waals surface area contributed by atoms with Gasteiger partial charge in [0.2, 0.25) is 5.95 Å². The van der Waals surface area contributed by atoms with Crippen LogP contribution in [-0.4, -0.2) is 56.7 Å². The Bertz CT molecular complexity index is 1110. The predicted octanol–water partition coefficient (Wildman–Crippen LogP) is 3.97. The summed E-state index contributed by atoms with van der Waals surface area (Å²) in [5, 5.41) is 8.69. The number of fused-ring (bicyclic) bond motifs is 1. The number of carbonyl (C=O) groups is 1. The summed E-state index contributed by atoms with van der Waals surface area (Å²) in [5.41, 5.74) is 2.35. The standard InChI is InChI=1S/C24H31N7O/c1-3-17-9-13-30(14-10-17)23(32)18-7-6-8-19(15-18)26-21-20-16-25-29(2)22(20)28-24(27-21)31-11-4-5-12-31/h6-8,15-17H,3-5,9-14H2,1-2H3,(H,26,27,28). The molecule has 4 heterocycles. The summed E-state index contributed by atoms with van der Waals surface area (Å²) in [4.78, 5) is 26.9. The highest BCUT2D eigenvalue weighted by Gasteiger charge is 2.23. The Hall–Kier alpha value is -3.16. The van der Waals surface area contributed by atoms with Gasteiger partial charge in [0, 0.05) is 44.5 Å². The number of likely N-dealkylation sites (tertiary alicyclic amines) is 1. The second kappa shape index (κ2) is 8.76. The van der Waals surface area contributed by atoms with Crippen molar-refractivity contribution in [3.63, 3.8) is 0 Å². The molecule has 8 heteroatoms. The molecule has 0 aliphatic carbocycles. The molecule has 0 bridgehead atoms. The first kappa shape index (κ1) is 20.7. The molecule has 0 unspecified atom stereocenters. The molecule has 3 aromatic rings. The second-order valence-electron chi connectivity index (χ2n) is 8.92. The first-order valence-electron chi connectivity index (χ1n) is 11.7. The Balaban J connectivity index is 1.40. The molecule has 2 aromatic heterocycles. The summed E-state index contributed by atoms with van der Waals surface area (Å²) in [5.74, 6) is 2.30. The van der Waals surface area contributed by atoms with Crippen LogP contribution in [0.25, 0.3) is 11.0 Å². The third kappa shape index (κ3) is 4.01. The van der Waals surface area contributed by atoms with Crippen LogP contribution >= 0.6 is 0 Å². The van der Waals surface area contributed by atoms with E-state index >= 15 is 0 Å². The molecule has 1 N–H and O–H groups in total. The molecule has 2 saturated heterocycles. The average molecular weight is 434 g/mol. The second-order valence-corrected chi connectivity index (χ2v) is 8.92. The molecule has 2 aliphatic heterocycles. The average Bonchev–Trinajstić information content (AvgIpc) is 3.49. The lowest BCUT2D eigenvalue weighted by Crippen LogP contribution is -2.38. The predicted molar refractivity (Wildman–Crippen MR) is 126 cm³/mol. The maximum atomic E-state index is 13.1. The molecule has 0 spiro atoms. The normalized spacial score (nSPS) is 17.3. The first-order valence-corrected chi connectivity index (χ1v) is 11.7. The number of piperidine rings is 1. The van der Waals surface area contributed by atoms with Crippen LogP contribution < -0.4 is 10.2 Å². The monoisotopic (exact) mass is 433 g/mol. The fourth-order valence-electron chi connectivity index (χ4n) is 4.76. The molecule has 0 radical (unpaired) electrons. The fraction of sp³-hybridized carbons (Fsp3) is 0.500. The van der Waals surface area contributed by atoms with Crippen molar-refractivity contribution in [1.82, 2.24) is 24.6 Å². The van der Waals surface area contributed by atoms with Gasteiger partial charge in [-0.15, -0.1) is 0 Å². The van der Waals surface area contributed by atoms with Gasteiger partial charge in [-0.05, 0) is 49.8 Å². The summed E-state index contributed by atoms with van der Waals surface area (Å²) < 4.78 is 1.78. The Morgan fingerprint density at radius 2 is 1.91 bits per heavy atom. The number of aryl methyl sites for hydroxylation is 1. The Kier molecular flexibility index (Phi) is 5.68. The maximum Gasteiger partial charge on any atom is 0.253 e. The van der Waals surface area contributed by atoms with Gasteiger partial charge in [-0.1, -0.05) is 19.4 Å². The number of carbonyl (C=O) groups excluding carboxylic acids is 1. The topological polar surface area (TPSA) is 79.2 Å². The van der Waals surface area contributed by atoms with Crippen LogP contribution in [0.3, 0.4) is 0 Å². The number of amides is 1. The minimum atomic E-state index is 0.107. The highest BCUT2D eigenvalue weighted by Crippen LogP contribution is 2.28. The van der Waals surface area contributed by atoms with E-state index in [1.165, 1.54) is 6.42 Å². The van der Waals surface area contributed by atoms with E-state index in [0.29, 0.717) is 5.56 Å². The van der Waals surface area contributed by atoms with Gasteiger partial charge in [0.05, 0.1) is 11.6 Å². The fourth-order valence-corrected chi connectivity index (χ4v) is 4.76. The maximum absolute atomic E-state index is 13.1. The molecule has 32 heavy (non-hydrogen) atoms.